The second kappa shape index (κ2) is 4.49. The van der Waals surface area contributed by atoms with Crippen molar-refractivity contribution in [1.29, 1.82) is 0 Å². The Kier molecular flexibility index (Phi) is 3.26. The Bertz CT molecular complexity index is 245. The van der Waals surface area contributed by atoms with Crippen LogP contribution in [-0.2, 0) is 4.79 Å². The van der Waals surface area contributed by atoms with E-state index in [1.165, 1.54) is 0 Å². The van der Waals surface area contributed by atoms with Gasteiger partial charge in [-0.05, 0) is 19.3 Å². The minimum atomic E-state index is -0.325. The first-order valence-corrected chi connectivity index (χ1v) is 5.91. The summed E-state index contributed by atoms with van der Waals surface area (Å²) < 4.78 is 0. The molecule has 0 bridgehead atoms. The van der Waals surface area contributed by atoms with Crippen molar-refractivity contribution < 1.29 is 9.90 Å². The van der Waals surface area contributed by atoms with E-state index in [0.717, 1.165) is 25.7 Å². The predicted molar refractivity (Wildman–Crippen MR) is 57.1 cm³/mol. The Labute approximate surface area is 90.4 Å². The lowest BCUT2D eigenvalue weighted by molar-refractivity contribution is -0.136. The topological polar surface area (TPSA) is 66.6 Å². The molecule has 1 heterocycles. The molecule has 4 heteroatoms. The number of rotatable bonds is 1. The fourth-order valence-electron chi connectivity index (χ4n) is 2.64. The van der Waals surface area contributed by atoms with E-state index < -0.39 is 0 Å². The van der Waals surface area contributed by atoms with E-state index in [-0.39, 0.29) is 24.0 Å². The number of carbonyl (C=O) groups excluding carboxylic acids is 1. The number of hydrogen-bond donors (Lipinski definition) is 2. The van der Waals surface area contributed by atoms with Crippen LogP contribution in [0.3, 0.4) is 0 Å². The van der Waals surface area contributed by atoms with E-state index in [2.05, 4.69) is 0 Å². The number of hydrogen-bond acceptors (Lipinski definition) is 3. The van der Waals surface area contributed by atoms with Crippen LogP contribution >= 0.6 is 0 Å². The smallest absolute Gasteiger partial charge is 0.227 e. The van der Waals surface area contributed by atoms with Crippen LogP contribution in [0.15, 0.2) is 0 Å². The Morgan fingerprint density at radius 3 is 2.60 bits per heavy atom. The zero-order valence-electron chi connectivity index (χ0n) is 9.06. The molecule has 3 unspecified atom stereocenters. The van der Waals surface area contributed by atoms with Gasteiger partial charge in [0.25, 0.3) is 0 Å². The molecule has 4 nitrogen and oxygen atoms in total. The average molecular weight is 212 g/mol. The lowest BCUT2D eigenvalue weighted by atomic mass is 9.84. The van der Waals surface area contributed by atoms with Gasteiger partial charge in [-0.3, -0.25) is 4.79 Å². The van der Waals surface area contributed by atoms with E-state index in [1.54, 1.807) is 4.90 Å². The SMILES string of the molecule is NC1CCCCC1C(=O)N1CCC(O)C1. The Morgan fingerprint density at radius 1 is 1.27 bits per heavy atom. The van der Waals surface area contributed by atoms with Crippen molar-refractivity contribution in [3.8, 4) is 0 Å². The van der Waals surface area contributed by atoms with Crippen LogP contribution in [0.4, 0.5) is 0 Å². The third-order valence-electron chi connectivity index (χ3n) is 3.61. The van der Waals surface area contributed by atoms with Crippen LogP contribution in [0.1, 0.15) is 32.1 Å². The van der Waals surface area contributed by atoms with Crippen LogP contribution in [-0.4, -0.2) is 41.1 Å². The molecule has 0 spiro atoms. The molecule has 1 amide bonds. The summed E-state index contributed by atoms with van der Waals surface area (Å²) in [4.78, 5) is 13.9. The van der Waals surface area contributed by atoms with Gasteiger partial charge < -0.3 is 15.7 Å². The fraction of sp³-hybridized carbons (Fsp3) is 0.909. The first-order chi connectivity index (χ1) is 7.18. The summed E-state index contributed by atoms with van der Waals surface area (Å²) in [5, 5.41) is 9.39. The van der Waals surface area contributed by atoms with Crippen molar-refractivity contribution in [2.45, 2.75) is 44.2 Å². The van der Waals surface area contributed by atoms with Gasteiger partial charge in [0.05, 0.1) is 12.0 Å². The first-order valence-electron chi connectivity index (χ1n) is 5.91. The van der Waals surface area contributed by atoms with Gasteiger partial charge >= 0.3 is 0 Å². The highest BCUT2D eigenvalue weighted by Gasteiger charge is 2.34. The molecule has 2 rings (SSSR count). The normalized spacial score (nSPS) is 36.9. The van der Waals surface area contributed by atoms with Gasteiger partial charge in [-0.2, -0.15) is 0 Å². The van der Waals surface area contributed by atoms with Gasteiger partial charge in [-0.15, -0.1) is 0 Å². The minimum absolute atomic E-state index is 0.00375. The van der Waals surface area contributed by atoms with Crippen LogP contribution in [0.2, 0.25) is 0 Å². The van der Waals surface area contributed by atoms with Crippen molar-refractivity contribution in [3.05, 3.63) is 0 Å². The van der Waals surface area contributed by atoms with Crippen LogP contribution in [0, 0.1) is 5.92 Å². The second-order valence-electron chi connectivity index (χ2n) is 4.78. The first kappa shape index (κ1) is 10.9. The quantitative estimate of drug-likeness (QED) is 0.647. The number of β-amino-alcohol motifs (C(OH)–C–C–N with tert-alkyl or cyclic N) is 1. The zero-order valence-corrected chi connectivity index (χ0v) is 9.06. The molecule has 2 fully saturated rings. The van der Waals surface area contributed by atoms with Crippen LogP contribution in [0.5, 0.6) is 0 Å². The average Bonchev–Trinajstić information content (AvgIpc) is 2.65. The number of nitrogens with two attached hydrogens (primary N) is 1. The minimum Gasteiger partial charge on any atom is -0.391 e. The van der Waals surface area contributed by atoms with Crippen molar-refractivity contribution in [2.24, 2.45) is 11.7 Å². The standard InChI is InChI=1S/C11H20N2O2/c12-10-4-2-1-3-9(10)11(15)13-6-5-8(14)7-13/h8-10,14H,1-7,12H2. The summed E-state index contributed by atoms with van der Waals surface area (Å²) in [5.41, 5.74) is 5.97. The van der Waals surface area contributed by atoms with E-state index in [1.807, 2.05) is 0 Å². The van der Waals surface area contributed by atoms with Gasteiger partial charge in [0, 0.05) is 19.1 Å². The Balaban J connectivity index is 1.94. The molecule has 1 saturated carbocycles. The number of carbonyl (C=O) groups is 1. The van der Waals surface area contributed by atoms with Gasteiger partial charge in [-0.1, -0.05) is 12.8 Å². The summed E-state index contributed by atoms with van der Waals surface area (Å²) in [6.45, 7) is 1.20. The largest absolute Gasteiger partial charge is 0.391 e. The molecular formula is C11H20N2O2. The summed E-state index contributed by atoms with van der Waals surface area (Å²) >= 11 is 0. The third kappa shape index (κ3) is 2.32. The maximum atomic E-state index is 12.1. The maximum Gasteiger partial charge on any atom is 0.227 e. The Hall–Kier alpha value is -0.610. The third-order valence-corrected chi connectivity index (χ3v) is 3.61. The van der Waals surface area contributed by atoms with Crippen molar-refractivity contribution in [1.82, 2.24) is 4.90 Å². The molecule has 1 aliphatic carbocycles. The lowest BCUT2D eigenvalue weighted by Crippen LogP contribution is -2.45. The summed E-state index contributed by atoms with van der Waals surface area (Å²) in [6.07, 6.45) is 4.54. The molecular weight excluding hydrogens is 192 g/mol. The van der Waals surface area contributed by atoms with Crippen LogP contribution in [0.25, 0.3) is 0 Å². The zero-order chi connectivity index (χ0) is 10.8. The van der Waals surface area contributed by atoms with Gasteiger partial charge in [0.2, 0.25) is 5.91 Å². The fourth-order valence-corrected chi connectivity index (χ4v) is 2.64. The monoisotopic (exact) mass is 212 g/mol. The molecule has 0 aromatic rings. The lowest BCUT2D eigenvalue weighted by Gasteiger charge is -2.30. The van der Waals surface area contributed by atoms with Gasteiger partial charge in [-0.25, -0.2) is 0 Å². The molecule has 0 radical (unpaired) electrons. The molecule has 1 saturated heterocycles. The van der Waals surface area contributed by atoms with Gasteiger partial charge in [0.1, 0.15) is 0 Å². The number of amides is 1. The molecule has 15 heavy (non-hydrogen) atoms. The number of likely N-dealkylation sites (tertiary alicyclic amines) is 1. The highest BCUT2D eigenvalue weighted by atomic mass is 16.3. The summed E-state index contributed by atoms with van der Waals surface area (Å²) in [5.74, 6) is 0.169. The molecule has 3 N–H and O–H groups in total. The van der Waals surface area contributed by atoms with Crippen molar-refractivity contribution in [3.63, 3.8) is 0 Å². The highest BCUT2D eigenvalue weighted by Crippen LogP contribution is 2.26. The molecule has 86 valence electrons. The summed E-state index contributed by atoms with van der Waals surface area (Å²) in [7, 11) is 0. The van der Waals surface area contributed by atoms with Gasteiger partial charge in [0.15, 0.2) is 0 Å². The highest BCUT2D eigenvalue weighted by molar-refractivity contribution is 5.80. The summed E-state index contributed by atoms with van der Waals surface area (Å²) in [6, 6.07) is 0.0315. The van der Waals surface area contributed by atoms with E-state index in [9.17, 15) is 9.90 Å². The van der Waals surface area contributed by atoms with Crippen molar-refractivity contribution in [2.75, 3.05) is 13.1 Å². The number of aliphatic hydroxyl groups excluding tert-OH is 1. The predicted octanol–water partition coefficient (Wildman–Crippen LogP) is 0.0971. The molecule has 0 aromatic heterocycles. The molecule has 1 aliphatic heterocycles. The van der Waals surface area contributed by atoms with Crippen molar-refractivity contribution >= 4 is 5.91 Å². The Morgan fingerprint density at radius 2 is 2.00 bits per heavy atom. The van der Waals surface area contributed by atoms with Crippen LogP contribution < -0.4 is 5.73 Å². The number of nitrogens with zero attached hydrogens (tertiary/aromatic N) is 1. The molecule has 0 aromatic carbocycles. The van der Waals surface area contributed by atoms with E-state index in [0.29, 0.717) is 19.5 Å². The molecule has 2 aliphatic rings. The van der Waals surface area contributed by atoms with E-state index in [4.69, 9.17) is 5.73 Å². The number of aliphatic hydroxyl groups is 1. The van der Waals surface area contributed by atoms with E-state index >= 15 is 0 Å². The molecule has 3 atom stereocenters. The second-order valence-corrected chi connectivity index (χ2v) is 4.78. The maximum absolute atomic E-state index is 12.1.